The van der Waals surface area contributed by atoms with E-state index in [0.717, 1.165) is 44.7 Å². The predicted octanol–water partition coefficient (Wildman–Crippen LogP) is 3.84. The van der Waals surface area contributed by atoms with E-state index in [4.69, 9.17) is 0 Å². The molecule has 6 heteroatoms. The number of nitrogens with zero attached hydrogens (tertiary/aromatic N) is 4. The number of amides is 1. The lowest BCUT2D eigenvalue weighted by Gasteiger charge is -2.28. The number of aromatic nitrogens is 2. The monoisotopic (exact) mass is 365 g/mol. The first-order chi connectivity index (χ1) is 13.3. The van der Waals surface area contributed by atoms with Gasteiger partial charge >= 0.3 is 0 Å². The maximum Gasteiger partial charge on any atom is 0.256 e. The zero-order valence-corrected chi connectivity index (χ0v) is 15.7. The first kappa shape index (κ1) is 17.8. The SMILES string of the molecule is O=C(c1cnc(Nc2ccc(N3CCCCC3)cc2)nc1)N1CCCCC1. The van der Waals surface area contributed by atoms with Gasteiger partial charge < -0.3 is 15.1 Å². The van der Waals surface area contributed by atoms with Crippen LogP contribution >= 0.6 is 0 Å². The van der Waals surface area contributed by atoms with Gasteiger partial charge in [0.15, 0.2) is 0 Å². The molecule has 3 heterocycles. The molecule has 2 saturated heterocycles. The molecule has 2 aliphatic heterocycles. The van der Waals surface area contributed by atoms with Crippen molar-refractivity contribution in [2.75, 3.05) is 36.4 Å². The standard InChI is InChI=1S/C21H27N5O/c27-20(26-13-5-2-6-14-26)17-15-22-21(23-16-17)24-18-7-9-19(10-8-18)25-11-3-1-4-12-25/h7-10,15-16H,1-6,11-14H2,(H,22,23,24). The molecule has 0 atom stereocenters. The normalized spacial score (nSPS) is 17.6. The van der Waals surface area contributed by atoms with Gasteiger partial charge in [0, 0.05) is 49.9 Å². The average Bonchev–Trinajstić information content (AvgIpc) is 2.76. The van der Waals surface area contributed by atoms with E-state index < -0.39 is 0 Å². The Balaban J connectivity index is 1.37. The van der Waals surface area contributed by atoms with E-state index in [0.29, 0.717) is 11.5 Å². The van der Waals surface area contributed by atoms with Gasteiger partial charge in [-0.05, 0) is 62.8 Å². The Morgan fingerprint density at radius 2 is 1.41 bits per heavy atom. The third kappa shape index (κ3) is 4.38. The van der Waals surface area contributed by atoms with Crippen LogP contribution in [0.15, 0.2) is 36.7 Å². The molecule has 2 aromatic rings. The lowest BCUT2D eigenvalue weighted by Crippen LogP contribution is -2.35. The van der Waals surface area contributed by atoms with E-state index in [-0.39, 0.29) is 5.91 Å². The van der Waals surface area contributed by atoms with Crippen LogP contribution in [0.2, 0.25) is 0 Å². The molecule has 1 amide bonds. The lowest BCUT2D eigenvalue weighted by atomic mass is 10.1. The number of carbonyl (C=O) groups excluding carboxylic acids is 1. The summed E-state index contributed by atoms with van der Waals surface area (Å²) in [7, 11) is 0. The molecule has 0 spiro atoms. The highest BCUT2D eigenvalue weighted by Gasteiger charge is 2.18. The molecule has 142 valence electrons. The number of benzene rings is 1. The number of piperidine rings is 2. The second-order valence-corrected chi connectivity index (χ2v) is 7.37. The van der Waals surface area contributed by atoms with Crippen molar-refractivity contribution in [3.05, 3.63) is 42.2 Å². The Bertz CT molecular complexity index is 747. The third-order valence-electron chi connectivity index (χ3n) is 5.39. The van der Waals surface area contributed by atoms with E-state index in [1.54, 1.807) is 12.4 Å². The van der Waals surface area contributed by atoms with Gasteiger partial charge in [0.2, 0.25) is 5.95 Å². The fourth-order valence-corrected chi connectivity index (χ4v) is 3.82. The van der Waals surface area contributed by atoms with Crippen molar-refractivity contribution in [2.45, 2.75) is 38.5 Å². The quantitative estimate of drug-likeness (QED) is 0.892. The van der Waals surface area contributed by atoms with E-state index in [1.165, 1.54) is 31.4 Å². The number of hydrogen-bond acceptors (Lipinski definition) is 5. The van der Waals surface area contributed by atoms with E-state index in [2.05, 4.69) is 44.5 Å². The molecular formula is C21H27N5O. The molecule has 27 heavy (non-hydrogen) atoms. The number of carbonyl (C=O) groups is 1. The fraction of sp³-hybridized carbons (Fsp3) is 0.476. The summed E-state index contributed by atoms with van der Waals surface area (Å²) in [6, 6.07) is 8.39. The molecule has 4 rings (SSSR count). The highest BCUT2D eigenvalue weighted by Crippen LogP contribution is 2.23. The topological polar surface area (TPSA) is 61.4 Å². The van der Waals surface area contributed by atoms with Crippen LogP contribution in [0.4, 0.5) is 17.3 Å². The minimum atomic E-state index is 0.0344. The first-order valence-electron chi connectivity index (χ1n) is 10.0. The van der Waals surface area contributed by atoms with Crippen LogP contribution in [-0.4, -0.2) is 47.0 Å². The van der Waals surface area contributed by atoms with Crippen molar-refractivity contribution in [1.82, 2.24) is 14.9 Å². The highest BCUT2D eigenvalue weighted by atomic mass is 16.2. The van der Waals surface area contributed by atoms with Gasteiger partial charge in [-0.25, -0.2) is 9.97 Å². The van der Waals surface area contributed by atoms with Crippen molar-refractivity contribution >= 4 is 23.2 Å². The van der Waals surface area contributed by atoms with E-state index >= 15 is 0 Å². The smallest absolute Gasteiger partial charge is 0.256 e. The van der Waals surface area contributed by atoms with E-state index in [1.807, 2.05) is 4.90 Å². The summed E-state index contributed by atoms with van der Waals surface area (Å²) in [6.45, 7) is 3.95. The summed E-state index contributed by atoms with van der Waals surface area (Å²) in [5.74, 6) is 0.544. The molecule has 0 radical (unpaired) electrons. The van der Waals surface area contributed by atoms with Gasteiger partial charge in [0.05, 0.1) is 5.56 Å². The second kappa shape index (κ2) is 8.37. The third-order valence-corrected chi connectivity index (χ3v) is 5.39. The number of likely N-dealkylation sites (tertiary alicyclic amines) is 1. The Morgan fingerprint density at radius 3 is 2.04 bits per heavy atom. The summed E-state index contributed by atoms with van der Waals surface area (Å²) in [4.78, 5) is 25.5. The van der Waals surface area contributed by atoms with Gasteiger partial charge in [-0.2, -0.15) is 0 Å². The Morgan fingerprint density at radius 1 is 0.815 bits per heavy atom. The minimum Gasteiger partial charge on any atom is -0.372 e. The Hall–Kier alpha value is -2.63. The fourth-order valence-electron chi connectivity index (χ4n) is 3.82. The molecule has 0 unspecified atom stereocenters. The zero-order chi connectivity index (χ0) is 18.5. The van der Waals surface area contributed by atoms with Crippen LogP contribution in [0, 0.1) is 0 Å². The molecule has 0 aliphatic carbocycles. The molecule has 1 aromatic heterocycles. The summed E-state index contributed by atoms with van der Waals surface area (Å²) in [6.07, 6.45) is 10.5. The largest absolute Gasteiger partial charge is 0.372 e. The molecule has 6 nitrogen and oxygen atoms in total. The maximum atomic E-state index is 12.5. The first-order valence-corrected chi connectivity index (χ1v) is 10.0. The molecule has 0 saturated carbocycles. The van der Waals surface area contributed by atoms with Crippen LogP contribution < -0.4 is 10.2 Å². The lowest BCUT2D eigenvalue weighted by molar-refractivity contribution is 0.0723. The molecule has 2 aliphatic rings. The molecule has 1 N–H and O–H groups in total. The van der Waals surface area contributed by atoms with Gasteiger partial charge in [0.25, 0.3) is 5.91 Å². The average molecular weight is 365 g/mol. The predicted molar refractivity (Wildman–Crippen MR) is 108 cm³/mol. The zero-order valence-electron chi connectivity index (χ0n) is 15.7. The van der Waals surface area contributed by atoms with Crippen molar-refractivity contribution < 1.29 is 4.79 Å². The van der Waals surface area contributed by atoms with Gasteiger partial charge in [-0.1, -0.05) is 0 Å². The Kier molecular flexibility index (Phi) is 5.51. The van der Waals surface area contributed by atoms with Crippen molar-refractivity contribution in [3.63, 3.8) is 0 Å². The molecular weight excluding hydrogens is 338 g/mol. The molecule has 1 aromatic carbocycles. The van der Waals surface area contributed by atoms with Gasteiger partial charge in [-0.3, -0.25) is 4.79 Å². The van der Waals surface area contributed by atoms with Crippen LogP contribution in [0.1, 0.15) is 48.9 Å². The summed E-state index contributed by atoms with van der Waals surface area (Å²) >= 11 is 0. The summed E-state index contributed by atoms with van der Waals surface area (Å²) in [5.41, 5.74) is 2.78. The van der Waals surface area contributed by atoms with Crippen LogP contribution in [-0.2, 0) is 0 Å². The summed E-state index contributed by atoms with van der Waals surface area (Å²) in [5, 5.41) is 3.21. The minimum absolute atomic E-state index is 0.0344. The number of nitrogens with one attached hydrogen (secondary N) is 1. The highest BCUT2D eigenvalue weighted by molar-refractivity contribution is 5.93. The van der Waals surface area contributed by atoms with Crippen molar-refractivity contribution in [2.24, 2.45) is 0 Å². The van der Waals surface area contributed by atoms with Gasteiger partial charge in [-0.15, -0.1) is 0 Å². The summed E-state index contributed by atoms with van der Waals surface area (Å²) < 4.78 is 0. The van der Waals surface area contributed by atoms with Gasteiger partial charge in [0.1, 0.15) is 0 Å². The number of rotatable bonds is 4. The van der Waals surface area contributed by atoms with Crippen LogP contribution in [0.3, 0.4) is 0 Å². The van der Waals surface area contributed by atoms with Crippen LogP contribution in [0.25, 0.3) is 0 Å². The molecule has 0 bridgehead atoms. The van der Waals surface area contributed by atoms with Crippen molar-refractivity contribution in [3.8, 4) is 0 Å². The number of anilines is 3. The number of hydrogen-bond donors (Lipinski definition) is 1. The second-order valence-electron chi connectivity index (χ2n) is 7.37. The van der Waals surface area contributed by atoms with E-state index in [9.17, 15) is 4.79 Å². The molecule has 2 fully saturated rings. The Labute approximate surface area is 160 Å². The van der Waals surface area contributed by atoms with Crippen molar-refractivity contribution in [1.29, 1.82) is 0 Å². The maximum absolute atomic E-state index is 12.5. The van der Waals surface area contributed by atoms with Crippen LogP contribution in [0.5, 0.6) is 0 Å².